The standard InChI is InChI=1S/C24H31N5O3/c1-3-8-21(30)28-14-12-20-19(16-28)22(26-27(20)2)24(32)29-13-7-9-17(15-29)23(31)25-18-10-5-4-6-11-18/h4-6,10-11,17H,3,7-9,12-16H2,1-2H3,(H,25,31)/t17-/m0/s1. The number of likely N-dealkylation sites (tertiary alicyclic amines) is 1. The fourth-order valence-corrected chi connectivity index (χ4v) is 4.64. The number of aryl methyl sites for hydroxylation is 1. The molecule has 1 saturated heterocycles. The van der Waals surface area contributed by atoms with Gasteiger partial charge in [0, 0.05) is 63.0 Å². The molecule has 32 heavy (non-hydrogen) atoms. The van der Waals surface area contributed by atoms with Gasteiger partial charge in [0.25, 0.3) is 5.91 Å². The van der Waals surface area contributed by atoms with Gasteiger partial charge < -0.3 is 15.1 Å². The number of para-hydroxylation sites is 1. The minimum absolute atomic E-state index is 0.0620. The zero-order valence-corrected chi connectivity index (χ0v) is 18.8. The van der Waals surface area contributed by atoms with E-state index in [-0.39, 0.29) is 23.6 Å². The molecule has 2 aromatic rings. The van der Waals surface area contributed by atoms with E-state index in [9.17, 15) is 14.4 Å². The topological polar surface area (TPSA) is 87.5 Å². The van der Waals surface area contributed by atoms with Crippen molar-refractivity contribution >= 4 is 23.4 Å². The normalized spacial score (nSPS) is 18.2. The Morgan fingerprint density at radius 3 is 2.66 bits per heavy atom. The summed E-state index contributed by atoms with van der Waals surface area (Å²) in [6.07, 6.45) is 3.55. The minimum atomic E-state index is -0.255. The molecule has 1 aromatic heterocycles. The number of rotatable bonds is 5. The molecule has 0 saturated carbocycles. The molecule has 1 N–H and O–H groups in total. The van der Waals surface area contributed by atoms with E-state index in [1.165, 1.54) is 0 Å². The smallest absolute Gasteiger partial charge is 0.274 e. The van der Waals surface area contributed by atoms with Crippen LogP contribution in [0.25, 0.3) is 0 Å². The van der Waals surface area contributed by atoms with E-state index in [0.29, 0.717) is 44.7 Å². The lowest BCUT2D eigenvalue weighted by molar-refractivity contribution is -0.132. The van der Waals surface area contributed by atoms with Gasteiger partial charge in [-0.05, 0) is 31.4 Å². The average Bonchev–Trinajstić information content (AvgIpc) is 3.15. The number of fused-ring (bicyclic) bond motifs is 1. The number of nitrogens with zero attached hydrogens (tertiary/aromatic N) is 4. The summed E-state index contributed by atoms with van der Waals surface area (Å²) in [7, 11) is 1.85. The number of nitrogens with one attached hydrogen (secondary N) is 1. The Labute approximate surface area is 188 Å². The molecule has 3 heterocycles. The van der Waals surface area contributed by atoms with Crippen molar-refractivity contribution in [2.75, 3.05) is 25.0 Å². The first-order valence-corrected chi connectivity index (χ1v) is 11.5. The van der Waals surface area contributed by atoms with E-state index >= 15 is 0 Å². The maximum Gasteiger partial charge on any atom is 0.274 e. The summed E-state index contributed by atoms with van der Waals surface area (Å²) in [5.41, 5.74) is 3.05. The van der Waals surface area contributed by atoms with Crippen molar-refractivity contribution in [2.24, 2.45) is 13.0 Å². The van der Waals surface area contributed by atoms with Crippen LogP contribution in [0.2, 0.25) is 0 Å². The molecule has 1 aromatic carbocycles. The second-order valence-electron chi connectivity index (χ2n) is 8.66. The first-order chi connectivity index (χ1) is 15.5. The highest BCUT2D eigenvalue weighted by Gasteiger charge is 2.34. The van der Waals surface area contributed by atoms with Gasteiger partial charge in [-0.25, -0.2) is 0 Å². The van der Waals surface area contributed by atoms with Crippen molar-refractivity contribution in [3.63, 3.8) is 0 Å². The van der Waals surface area contributed by atoms with Crippen molar-refractivity contribution in [1.82, 2.24) is 19.6 Å². The van der Waals surface area contributed by atoms with Crippen molar-refractivity contribution in [3.05, 3.63) is 47.3 Å². The number of carbonyl (C=O) groups is 3. The molecule has 170 valence electrons. The van der Waals surface area contributed by atoms with Gasteiger partial charge in [-0.2, -0.15) is 5.10 Å². The lowest BCUT2D eigenvalue weighted by atomic mass is 9.96. The summed E-state index contributed by atoms with van der Waals surface area (Å²) in [6, 6.07) is 9.38. The zero-order valence-electron chi connectivity index (χ0n) is 18.8. The highest BCUT2D eigenvalue weighted by molar-refractivity contribution is 5.96. The largest absolute Gasteiger partial charge is 0.338 e. The molecule has 2 aliphatic heterocycles. The third-order valence-electron chi connectivity index (χ3n) is 6.38. The van der Waals surface area contributed by atoms with Gasteiger partial charge in [-0.1, -0.05) is 25.1 Å². The van der Waals surface area contributed by atoms with Crippen LogP contribution in [0, 0.1) is 5.92 Å². The molecule has 1 fully saturated rings. The van der Waals surface area contributed by atoms with Crippen molar-refractivity contribution in [1.29, 1.82) is 0 Å². The number of benzene rings is 1. The van der Waals surface area contributed by atoms with Gasteiger partial charge in [0.2, 0.25) is 11.8 Å². The van der Waals surface area contributed by atoms with Crippen LogP contribution in [0.5, 0.6) is 0 Å². The molecule has 8 heteroatoms. The van der Waals surface area contributed by atoms with E-state index in [1.54, 1.807) is 9.58 Å². The van der Waals surface area contributed by atoms with Crippen LogP contribution in [-0.4, -0.2) is 56.9 Å². The molecule has 4 rings (SSSR count). The van der Waals surface area contributed by atoms with Crippen LogP contribution in [0.4, 0.5) is 5.69 Å². The summed E-state index contributed by atoms with van der Waals surface area (Å²) in [6.45, 7) is 4.06. The summed E-state index contributed by atoms with van der Waals surface area (Å²) >= 11 is 0. The van der Waals surface area contributed by atoms with E-state index < -0.39 is 0 Å². The third kappa shape index (κ3) is 4.54. The van der Waals surface area contributed by atoms with Crippen LogP contribution < -0.4 is 5.32 Å². The Kier molecular flexibility index (Phi) is 6.58. The second kappa shape index (κ2) is 9.54. The SMILES string of the molecule is CCCC(=O)N1CCc2c(c(C(=O)N3CCC[C@H](C(=O)Nc4ccccc4)C3)nn2C)C1. The summed E-state index contributed by atoms with van der Waals surface area (Å²) in [5.74, 6) is -0.344. The Morgan fingerprint density at radius 2 is 1.91 bits per heavy atom. The zero-order chi connectivity index (χ0) is 22.7. The van der Waals surface area contributed by atoms with Crippen LogP contribution in [0.15, 0.2) is 30.3 Å². The maximum atomic E-state index is 13.4. The highest BCUT2D eigenvalue weighted by atomic mass is 16.2. The van der Waals surface area contributed by atoms with Crippen molar-refractivity contribution < 1.29 is 14.4 Å². The number of piperidine rings is 1. The molecule has 0 radical (unpaired) electrons. The monoisotopic (exact) mass is 437 g/mol. The Balaban J connectivity index is 1.47. The highest BCUT2D eigenvalue weighted by Crippen LogP contribution is 2.26. The number of amides is 3. The lowest BCUT2D eigenvalue weighted by Gasteiger charge is -2.32. The van der Waals surface area contributed by atoms with E-state index in [4.69, 9.17) is 0 Å². The van der Waals surface area contributed by atoms with Gasteiger partial charge in [0.1, 0.15) is 0 Å². The number of anilines is 1. The third-order valence-corrected chi connectivity index (χ3v) is 6.38. The van der Waals surface area contributed by atoms with E-state index in [0.717, 1.165) is 36.2 Å². The summed E-state index contributed by atoms with van der Waals surface area (Å²) in [5, 5.41) is 7.49. The van der Waals surface area contributed by atoms with E-state index in [2.05, 4.69) is 10.4 Å². The minimum Gasteiger partial charge on any atom is -0.338 e. The first kappa shape index (κ1) is 22.0. The number of hydrogen-bond donors (Lipinski definition) is 1. The van der Waals surface area contributed by atoms with Crippen molar-refractivity contribution in [3.8, 4) is 0 Å². The maximum absolute atomic E-state index is 13.4. The Bertz CT molecular complexity index is 1000. The molecule has 0 unspecified atom stereocenters. The first-order valence-electron chi connectivity index (χ1n) is 11.5. The Morgan fingerprint density at radius 1 is 1.12 bits per heavy atom. The number of hydrogen-bond acceptors (Lipinski definition) is 4. The van der Waals surface area contributed by atoms with E-state index in [1.807, 2.05) is 49.2 Å². The summed E-state index contributed by atoms with van der Waals surface area (Å²) in [4.78, 5) is 42.2. The van der Waals surface area contributed by atoms with Gasteiger partial charge in [0.05, 0.1) is 5.92 Å². The van der Waals surface area contributed by atoms with Crippen LogP contribution >= 0.6 is 0 Å². The van der Waals surface area contributed by atoms with Gasteiger partial charge in [0.15, 0.2) is 5.69 Å². The molecule has 8 nitrogen and oxygen atoms in total. The number of carbonyl (C=O) groups excluding carboxylic acids is 3. The average molecular weight is 438 g/mol. The van der Waals surface area contributed by atoms with Gasteiger partial charge in [-0.15, -0.1) is 0 Å². The second-order valence-corrected chi connectivity index (χ2v) is 8.66. The van der Waals surface area contributed by atoms with Gasteiger partial charge >= 0.3 is 0 Å². The fourth-order valence-electron chi connectivity index (χ4n) is 4.64. The quantitative estimate of drug-likeness (QED) is 0.779. The van der Waals surface area contributed by atoms with Crippen molar-refractivity contribution in [2.45, 2.75) is 45.6 Å². The predicted octanol–water partition coefficient (Wildman–Crippen LogP) is 2.60. The predicted molar refractivity (Wildman–Crippen MR) is 121 cm³/mol. The fraction of sp³-hybridized carbons (Fsp3) is 0.500. The summed E-state index contributed by atoms with van der Waals surface area (Å²) < 4.78 is 1.77. The van der Waals surface area contributed by atoms with Crippen LogP contribution in [0.3, 0.4) is 0 Å². The Hall–Kier alpha value is -3.16. The molecular formula is C24H31N5O3. The number of aromatic nitrogens is 2. The molecule has 1 atom stereocenters. The van der Waals surface area contributed by atoms with Gasteiger partial charge in [-0.3, -0.25) is 19.1 Å². The molecule has 3 amide bonds. The molecule has 0 aliphatic carbocycles. The lowest BCUT2D eigenvalue weighted by Crippen LogP contribution is -2.44. The molecule has 2 aliphatic rings. The molecule has 0 bridgehead atoms. The van der Waals surface area contributed by atoms with Crippen LogP contribution in [0.1, 0.15) is 54.4 Å². The van der Waals surface area contributed by atoms with Crippen LogP contribution in [-0.2, 0) is 29.6 Å². The molecule has 0 spiro atoms. The molecular weight excluding hydrogens is 406 g/mol.